The Kier molecular flexibility index (Phi) is 3.80. The van der Waals surface area contributed by atoms with E-state index in [1.807, 2.05) is 12.3 Å². The molecule has 1 unspecified atom stereocenters. The Morgan fingerprint density at radius 2 is 2.60 bits per heavy atom. The number of rotatable bonds is 4. The third kappa shape index (κ3) is 3.07. The maximum atomic E-state index is 5.63. The van der Waals surface area contributed by atoms with Gasteiger partial charge in [0, 0.05) is 24.7 Å². The average molecular weight is 225 g/mol. The van der Waals surface area contributed by atoms with Crippen molar-refractivity contribution in [3.63, 3.8) is 0 Å². The molecule has 0 aromatic carbocycles. The zero-order valence-electron chi connectivity index (χ0n) is 8.77. The van der Waals surface area contributed by atoms with Gasteiger partial charge in [0.25, 0.3) is 0 Å². The molecule has 1 aromatic heterocycles. The first-order valence-electron chi connectivity index (χ1n) is 5.09. The first kappa shape index (κ1) is 10.7. The van der Waals surface area contributed by atoms with Crippen LogP contribution in [-0.4, -0.2) is 35.9 Å². The zero-order valence-corrected chi connectivity index (χ0v) is 9.59. The van der Waals surface area contributed by atoms with E-state index in [9.17, 15) is 0 Å². The molecule has 5 heteroatoms. The summed E-state index contributed by atoms with van der Waals surface area (Å²) in [6, 6.07) is 1.81. The number of ether oxygens (including phenoxy) is 1. The Labute approximate surface area is 93.8 Å². The summed E-state index contributed by atoms with van der Waals surface area (Å²) in [7, 11) is 0. The monoisotopic (exact) mass is 225 g/mol. The van der Waals surface area contributed by atoms with Crippen molar-refractivity contribution in [2.45, 2.75) is 11.6 Å². The fourth-order valence-corrected chi connectivity index (χ4v) is 1.91. The standard InChI is InChI=1S/C10H15N3OS/c1-15-10-12-5-3-9(13-10)14-7-8-2-4-11-6-8/h3,5,8,11H,2,4,6-7H2,1H3. The highest BCUT2D eigenvalue weighted by atomic mass is 32.2. The highest BCUT2D eigenvalue weighted by Crippen LogP contribution is 2.14. The lowest BCUT2D eigenvalue weighted by molar-refractivity contribution is 0.249. The molecule has 1 N–H and O–H groups in total. The van der Waals surface area contributed by atoms with E-state index in [-0.39, 0.29) is 0 Å². The van der Waals surface area contributed by atoms with Crippen LogP contribution in [0.15, 0.2) is 17.4 Å². The fourth-order valence-electron chi connectivity index (χ4n) is 1.56. The zero-order chi connectivity index (χ0) is 10.5. The van der Waals surface area contributed by atoms with Gasteiger partial charge in [-0.15, -0.1) is 0 Å². The second-order valence-corrected chi connectivity index (χ2v) is 4.32. The third-order valence-electron chi connectivity index (χ3n) is 2.42. The molecule has 0 bridgehead atoms. The molecule has 0 radical (unpaired) electrons. The number of nitrogens with one attached hydrogen (secondary N) is 1. The van der Waals surface area contributed by atoms with E-state index >= 15 is 0 Å². The molecule has 1 aliphatic heterocycles. The Balaban J connectivity index is 1.86. The summed E-state index contributed by atoms with van der Waals surface area (Å²) in [5, 5.41) is 4.08. The average Bonchev–Trinajstić information content (AvgIpc) is 2.79. The maximum absolute atomic E-state index is 5.63. The predicted octanol–water partition coefficient (Wildman–Crippen LogP) is 1.19. The van der Waals surface area contributed by atoms with E-state index in [0.717, 1.165) is 24.9 Å². The van der Waals surface area contributed by atoms with Crippen LogP contribution in [0.3, 0.4) is 0 Å². The highest BCUT2D eigenvalue weighted by molar-refractivity contribution is 7.98. The summed E-state index contributed by atoms with van der Waals surface area (Å²) in [5.74, 6) is 1.30. The number of thioether (sulfide) groups is 1. The van der Waals surface area contributed by atoms with Crippen LogP contribution in [0, 0.1) is 5.92 Å². The molecule has 1 saturated heterocycles. The molecular formula is C10H15N3OS. The van der Waals surface area contributed by atoms with Gasteiger partial charge in [0.05, 0.1) is 6.61 Å². The summed E-state index contributed by atoms with van der Waals surface area (Å²) >= 11 is 1.53. The molecule has 0 aliphatic carbocycles. The van der Waals surface area contributed by atoms with Crippen molar-refractivity contribution in [3.05, 3.63) is 12.3 Å². The van der Waals surface area contributed by atoms with Gasteiger partial charge in [-0.1, -0.05) is 11.8 Å². The predicted molar refractivity (Wildman–Crippen MR) is 60.3 cm³/mol. The number of hydrogen-bond acceptors (Lipinski definition) is 5. The minimum atomic E-state index is 0.623. The SMILES string of the molecule is CSc1nccc(OCC2CCNC2)n1. The maximum Gasteiger partial charge on any atom is 0.217 e. The van der Waals surface area contributed by atoms with Crippen LogP contribution in [0.2, 0.25) is 0 Å². The van der Waals surface area contributed by atoms with E-state index in [2.05, 4.69) is 15.3 Å². The molecular weight excluding hydrogens is 210 g/mol. The molecule has 0 amide bonds. The van der Waals surface area contributed by atoms with Crippen LogP contribution >= 0.6 is 11.8 Å². The molecule has 1 aromatic rings. The molecule has 2 rings (SSSR count). The third-order valence-corrected chi connectivity index (χ3v) is 2.98. The van der Waals surface area contributed by atoms with Gasteiger partial charge < -0.3 is 10.1 Å². The van der Waals surface area contributed by atoms with Crippen LogP contribution in [-0.2, 0) is 0 Å². The second-order valence-electron chi connectivity index (χ2n) is 3.55. The molecule has 0 spiro atoms. The molecule has 4 nitrogen and oxygen atoms in total. The van der Waals surface area contributed by atoms with Crippen LogP contribution < -0.4 is 10.1 Å². The van der Waals surface area contributed by atoms with Crippen LogP contribution in [0.1, 0.15) is 6.42 Å². The number of hydrogen-bond donors (Lipinski definition) is 1. The summed E-state index contributed by atoms with van der Waals surface area (Å²) in [4.78, 5) is 8.36. The van der Waals surface area contributed by atoms with Crippen molar-refractivity contribution in [1.82, 2.24) is 15.3 Å². The molecule has 0 saturated carbocycles. The minimum Gasteiger partial charge on any atom is -0.477 e. The highest BCUT2D eigenvalue weighted by Gasteiger charge is 2.15. The summed E-state index contributed by atoms with van der Waals surface area (Å²) in [6.07, 6.45) is 4.89. The Morgan fingerprint density at radius 3 is 3.33 bits per heavy atom. The van der Waals surface area contributed by atoms with Gasteiger partial charge in [-0.05, 0) is 19.2 Å². The fraction of sp³-hybridized carbons (Fsp3) is 0.600. The lowest BCUT2D eigenvalue weighted by Gasteiger charge is -2.09. The molecule has 15 heavy (non-hydrogen) atoms. The van der Waals surface area contributed by atoms with Crippen molar-refractivity contribution in [1.29, 1.82) is 0 Å². The molecule has 2 heterocycles. The van der Waals surface area contributed by atoms with E-state index in [4.69, 9.17) is 4.74 Å². The minimum absolute atomic E-state index is 0.623. The van der Waals surface area contributed by atoms with Gasteiger partial charge in [-0.25, -0.2) is 4.98 Å². The number of aromatic nitrogens is 2. The topological polar surface area (TPSA) is 47.0 Å². The van der Waals surface area contributed by atoms with E-state index < -0.39 is 0 Å². The molecule has 82 valence electrons. The largest absolute Gasteiger partial charge is 0.477 e. The Hall–Kier alpha value is -0.810. The smallest absolute Gasteiger partial charge is 0.217 e. The first-order valence-corrected chi connectivity index (χ1v) is 6.31. The quantitative estimate of drug-likeness (QED) is 0.616. The van der Waals surface area contributed by atoms with Gasteiger partial charge in [0.2, 0.25) is 5.88 Å². The van der Waals surface area contributed by atoms with Crippen molar-refractivity contribution in [3.8, 4) is 5.88 Å². The van der Waals surface area contributed by atoms with Crippen molar-refractivity contribution in [2.75, 3.05) is 26.0 Å². The van der Waals surface area contributed by atoms with Gasteiger partial charge in [0.15, 0.2) is 5.16 Å². The second kappa shape index (κ2) is 5.32. The van der Waals surface area contributed by atoms with Crippen molar-refractivity contribution < 1.29 is 4.74 Å². The first-order chi connectivity index (χ1) is 7.38. The van der Waals surface area contributed by atoms with Crippen LogP contribution in [0.5, 0.6) is 5.88 Å². The summed E-state index contributed by atoms with van der Waals surface area (Å²) < 4.78 is 5.63. The van der Waals surface area contributed by atoms with Gasteiger partial charge in [-0.3, -0.25) is 0 Å². The lowest BCUT2D eigenvalue weighted by Crippen LogP contribution is -2.15. The van der Waals surface area contributed by atoms with E-state index in [1.165, 1.54) is 18.2 Å². The normalized spacial score (nSPS) is 20.5. The Morgan fingerprint density at radius 1 is 1.67 bits per heavy atom. The summed E-state index contributed by atoms with van der Waals surface area (Å²) in [5.41, 5.74) is 0. The summed E-state index contributed by atoms with van der Waals surface area (Å²) in [6.45, 7) is 2.91. The number of nitrogens with zero attached hydrogens (tertiary/aromatic N) is 2. The lowest BCUT2D eigenvalue weighted by atomic mass is 10.1. The van der Waals surface area contributed by atoms with Crippen molar-refractivity contribution in [2.24, 2.45) is 5.92 Å². The van der Waals surface area contributed by atoms with Crippen LogP contribution in [0.4, 0.5) is 0 Å². The van der Waals surface area contributed by atoms with E-state index in [0.29, 0.717) is 11.8 Å². The van der Waals surface area contributed by atoms with Gasteiger partial charge >= 0.3 is 0 Å². The van der Waals surface area contributed by atoms with E-state index in [1.54, 1.807) is 6.20 Å². The van der Waals surface area contributed by atoms with Gasteiger partial charge in [-0.2, -0.15) is 4.98 Å². The van der Waals surface area contributed by atoms with Crippen LogP contribution in [0.25, 0.3) is 0 Å². The van der Waals surface area contributed by atoms with Crippen molar-refractivity contribution >= 4 is 11.8 Å². The van der Waals surface area contributed by atoms with Gasteiger partial charge in [0.1, 0.15) is 0 Å². The molecule has 1 fully saturated rings. The molecule has 1 aliphatic rings. The molecule has 1 atom stereocenters. The Bertz CT molecular complexity index is 315.